The molecular weight excluding hydrogens is 244 g/mol. The van der Waals surface area contributed by atoms with Crippen molar-refractivity contribution in [1.82, 2.24) is 0 Å². The second-order valence-electron chi connectivity index (χ2n) is 3.83. The molecular formula is C15H18O4. The van der Waals surface area contributed by atoms with E-state index in [9.17, 15) is 9.59 Å². The van der Waals surface area contributed by atoms with E-state index in [4.69, 9.17) is 9.47 Å². The van der Waals surface area contributed by atoms with Crippen molar-refractivity contribution in [1.29, 1.82) is 0 Å². The summed E-state index contributed by atoms with van der Waals surface area (Å²) >= 11 is 0. The minimum atomic E-state index is -0.254. The van der Waals surface area contributed by atoms with E-state index in [-0.39, 0.29) is 12.4 Å². The van der Waals surface area contributed by atoms with Crippen LogP contribution in [0.2, 0.25) is 0 Å². The lowest BCUT2D eigenvalue weighted by atomic mass is 10.0. The van der Waals surface area contributed by atoms with Crippen LogP contribution >= 0.6 is 0 Å². The number of aldehydes is 1. The number of hydrogen-bond donors (Lipinski definition) is 0. The molecule has 4 nitrogen and oxygen atoms in total. The van der Waals surface area contributed by atoms with E-state index in [2.05, 4.69) is 0 Å². The van der Waals surface area contributed by atoms with E-state index in [1.807, 2.05) is 6.92 Å². The minimum absolute atomic E-state index is 0.236. The lowest BCUT2D eigenvalue weighted by Crippen LogP contribution is -2.07. The van der Waals surface area contributed by atoms with Crippen molar-refractivity contribution in [3.8, 4) is 0 Å². The average Bonchev–Trinajstić information content (AvgIpc) is 2.41. The van der Waals surface area contributed by atoms with Crippen LogP contribution in [0.15, 0.2) is 30.5 Å². The number of ether oxygens (including phenoxy) is 2. The molecule has 19 heavy (non-hydrogen) atoms. The first kappa shape index (κ1) is 15.0. The van der Waals surface area contributed by atoms with E-state index in [1.165, 1.54) is 6.26 Å². The molecule has 0 atom stereocenters. The van der Waals surface area contributed by atoms with Crippen LogP contribution in [0, 0.1) is 0 Å². The Labute approximate surface area is 113 Å². The Hall–Kier alpha value is -2.10. The van der Waals surface area contributed by atoms with Crippen LogP contribution in [0.1, 0.15) is 25.0 Å². The SMILES string of the molecule is CCOC=C(C=O)c1ccc(CC(=O)OCC)cc1. The number of rotatable bonds is 7. The Kier molecular flexibility index (Phi) is 6.36. The largest absolute Gasteiger partial charge is 0.501 e. The van der Waals surface area contributed by atoms with Crippen LogP contribution in [0.25, 0.3) is 5.57 Å². The summed E-state index contributed by atoms with van der Waals surface area (Å²) in [5.41, 5.74) is 2.09. The van der Waals surface area contributed by atoms with Crippen molar-refractivity contribution in [3.05, 3.63) is 41.7 Å². The van der Waals surface area contributed by atoms with E-state index in [0.717, 1.165) is 17.4 Å². The zero-order valence-corrected chi connectivity index (χ0v) is 11.2. The highest BCUT2D eigenvalue weighted by molar-refractivity contribution is 6.06. The quantitative estimate of drug-likeness (QED) is 0.327. The van der Waals surface area contributed by atoms with Gasteiger partial charge in [0.05, 0.1) is 31.5 Å². The molecule has 1 aromatic rings. The Balaban J connectivity index is 2.75. The molecule has 0 fully saturated rings. The molecule has 1 aromatic carbocycles. The fourth-order valence-electron chi connectivity index (χ4n) is 1.53. The summed E-state index contributed by atoms with van der Waals surface area (Å²) in [5.74, 6) is -0.254. The van der Waals surface area contributed by atoms with Crippen LogP contribution in [-0.4, -0.2) is 25.5 Å². The summed E-state index contributed by atoms with van der Waals surface area (Å²) in [6.07, 6.45) is 2.42. The number of hydrogen-bond acceptors (Lipinski definition) is 4. The number of carbonyl (C=O) groups is 2. The minimum Gasteiger partial charge on any atom is -0.501 e. The summed E-state index contributed by atoms with van der Waals surface area (Å²) < 4.78 is 9.97. The molecule has 4 heteroatoms. The van der Waals surface area contributed by atoms with Crippen LogP contribution in [0.5, 0.6) is 0 Å². The van der Waals surface area contributed by atoms with Gasteiger partial charge in [-0.1, -0.05) is 24.3 Å². The number of esters is 1. The van der Waals surface area contributed by atoms with Gasteiger partial charge < -0.3 is 9.47 Å². The molecule has 0 radical (unpaired) electrons. The Bertz CT molecular complexity index is 446. The van der Waals surface area contributed by atoms with Gasteiger partial charge in [-0.25, -0.2) is 0 Å². The molecule has 0 heterocycles. The summed E-state index contributed by atoms with van der Waals surface area (Å²) in [5, 5.41) is 0. The molecule has 0 saturated carbocycles. The van der Waals surface area contributed by atoms with Gasteiger partial charge in [-0.2, -0.15) is 0 Å². The molecule has 0 spiro atoms. The standard InChI is InChI=1S/C15H18O4/c1-3-18-11-14(10-16)13-7-5-12(6-8-13)9-15(17)19-4-2/h5-8,10-11H,3-4,9H2,1-2H3. The molecule has 1 rings (SSSR count). The summed E-state index contributed by atoms with van der Waals surface area (Å²) in [6.45, 7) is 4.51. The van der Waals surface area contributed by atoms with Gasteiger partial charge in [-0.3, -0.25) is 9.59 Å². The summed E-state index contributed by atoms with van der Waals surface area (Å²) in [6, 6.07) is 7.17. The van der Waals surface area contributed by atoms with Gasteiger partial charge in [0.1, 0.15) is 0 Å². The topological polar surface area (TPSA) is 52.6 Å². The van der Waals surface area contributed by atoms with Crippen molar-refractivity contribution in [3.63, 3.8) is 0 Å². The van der Waals surface area contributed by atoms with Gasteiger partial charge in [0.15, 0.2) is 6.29 Å². The number of benzene rings is 1. The predicted octanol–water partition coefficient (Wildman–Crippen LogP) is 2.37. The van der Waals surface area contributed by atoms with Crippen LogP contribution in [0.3, 0.4) is 0 Å². The zero-order valence-electron chi connectivity index (χ0n) is 11.2. The highest BCUT2D eigenvalue weighted by Gasteiger charge is 2.05. The first-order chi connectivity index (χ1) is 9.21. The van der Waals surface area contributed by atoms with Crippen molar-refractivity contribution in [2.75, 3.05) is 13.2 Å². The average molecular weight is 262 g/mol. The second-order valence-corrected chi connectivity index (χ2v) is 3.83. The monoisotopic (exact) mass is 262 g/mol. The first-order valence-corrected chi connectivity index (χ1v) is 6.23. The number of carbonyl (C=O) groups excluding carboxylic acids is 2. The molecule has 0 aliphatic carbocycles. The summed E-state index contributed by atoms with van der Waals surface area (Å²) in [4.78, 5) is 22.3. The lowest BCUT2D eigenvalue weighted by Gasteiger charge is -2.04. The molecule has 0 aliphatic rings. The zero-order chi connectivity index (χ0) is 14.1. The van der Waals surface area contributed by atoms with E-state index < -0.39 is 0 Å². The van der Waals surface area contributed by atoms with E-state index in [1.54, 1.807) is 31.2 Å². The van der Waals surface area contributed by atoms with Crippen LogP contribution in [-0.2, 0) is 25.5 Å². The summed E-state index contributed by atoms with van der Waals surface area (Å²) in [7, 11) is 0. The van der Waals surface area contributed by atoms with E-state index >= 15 is 0 Å². The third-order valence-electron chi connectivity index (χ3n) is 2.44. The van der Waals surface area contributed by atoms with Crippen molar-refractivity contribution < 1.29 is 19.1 Å². The molecule has 0 aliphatic heterocycles. The van der Waals surface area contributed by atoms with Gasteiger partial charge in [-0.05, 0) is 25.0 Å². The molecule has 0 amide bonds. The highest BCUT2D eigenvalue weighted by atomic mass is 16.5. The maximum absolute atomic E-state index is 11.3. The third kappa shape index (κ3) is 4.95. The fourth-order valence-corrected chi connectivity index (χ4v) is 1.53. The highest BCUT2D eigenvalue weighted by Crippen LogP contribution is 2.14. The van der Waals surface area contributed by atoms with Gasteiger partial charge in [-0.15, -0.1) is 0 Å². The van der Waals surface area contributed by atoms with Crippen LogP contribution in [0.4, 0.5) is 0 Å². The fraction of sp³-hybridized carbons (Fsp3) is 0.333. The third-order valence-corrected chi connectivity index (χ3v) is 2.44. The maximum Gasteiger partial charge on any atom is 0.310 e. The smallest absolute Gasteiger partial charge is 0.310 e. The van der Waals surface area contributed by atoms with Gasteiger partial charge in [0.2, 0.25) is 0 Å². The number of allylic oxidation sites excluding steroid dienone is 1. The Morgan fingerprint density at radius 2 is 1.84 bits per heavy atom. The normalized spacial score (nSPS) is 10.9. The van der Waals surface area contributed by atoms with Crippen molar-refractivity contribution in [2.24, 2.45) is 0 Å². The Morgan fingerprint density at radius 1 is 1.16 bits per heavy atom. The molecule has 0 aromatic heterocycles. The van der Waals surface area contributed by atoms with Gasteiger partial charge in [0, 0.05) is 0 Å². The second kappa shape index (κ2) is 8.08. The maximum atomic E-state index is 11.3. The Morgan fingerprint density at radius 3 is 2.37 bits per heavy atom. The van der Waals surface area contributed by atoms with Gasteiger partial charge >= 0.3 is 5.97 Å². The molecule has 0 saturated heterocycles. The first-order valence-electron chi connectivity index (χ1n) is 6.23. The van der Waals surface area contributed by atoms with Crippen molar-refractivity contribution in [2.45, 2.75) is 20.3 Å². The molecule has 0 N–H and O–H groups in total. The predicted molar refractivity (Wildman–Crippen MR) is 72.4 cm³/mol. The van der Waals surface area contributed by atoms with Gasteiger partial charge in [0.25, 0.3) is 0 Å². The lowest BCUT2D eigenvalue weighted by molar-refractivity contribution is -0.142. The molecule has 102 valence electrons. The molecule has 0 unspecified atom stereocenters. The van der Waals surface area contributed by atoms with Crippen LogP contribution < -0.4 is 0 Å². The van der Waals surface area contributed by atoms with E-state index in [0.29, 0.717) is 18.8 Å². The molecule has 0 bridgehead atoms. The van der Waals surface area contributed by atoms with Crippen molar-refractivity contribution >= 4 is 17.8 Å².